The molecule has 0 spiro atoms. The fourth-order valence-electron chi connectivity index (χ4n) is 2.55. The highest BCUT2D eigenvalue weighted by molar-refractivity contribution is 5.79. The molecule has 0 radical (unpaired) electrons. The van der Waals surface area contributed by atoms with Crippen LogP contribution in [0.3, 0.4) is 0 Å². The number of fused-ring (bicyclic) bond motifs is 1. The molecular weight excluding hydrogens is 276 g/mol. The SMILES string of the molecule is COc1ccc(-n2c(-n3ccnc3)nc3ccccc32)cc1. The van der Waals surface area contributed by atoms with Crippen LogP contribution in [0, 0.1) is 0 Å². The third-order valence-electron chi connectivity index (χ3n) is 3.61. The van der Waals surface area contributed by atoms with E-state index in [4.69, 9.17) is 9.72 Å². The number of hydrogen-bond acceptors (Lipinski definition) is 3. The lowest BCUT2D eigenvalue weighted by molar-refractivity contribution is 0.415. The second-order valence-electron chi connectivity index (χ2n) is 4.90. The first-order valence-corrected chi connectivity index (χ1v) is 6.97. The lowest BCUT2D eigenvalue weighted by Gasteiger charge is -2.10. The van der Waals surface area contributed by atoms with Crippen molar-refractivity contribution in [3.05, 3.63) is 67.3 Å². The van der Waals surface area contributed by atoms with Crippen molar-refractivity contribution in [1.29, 1.82) is 0 Å². The lowest BCUT2D eigenvalue weighted by atomic mass is 10.2. The number of para-hydroxylation sites is 2. The van der Waals surface area contributed by atoms with Crippen LogP contribution in [0.5, 0.6) is 5.75 Å². The summed E-state index contributed by atoms with van der Waals surface area (Å²) in [5.74, 6) is 1.64. The fourth-order valence-corrected chi connectivity index (χ4v) is 2.55. The van der Waals surface area contributed by atoms with E-state index in [2.05, 4.69) is 15.6 Å². The van der Waals surface area contributed by atoms with Crippen LogP contribution in [0.1, 0.15) is 0 Å². The van der Waals surface area contributed by atoms with Crippen LogP contribution in [0.15, 0.2) is 67.3 Å². The van der Waals surface area contributed by atoms with Gasteiger partial charge in [-0.1, -0.05) is 12.1 Å². The summed E-state index contributed by atoms with van der Waals surface area (Å²) in [5, 5.41) is 0. The maximum absolute atomic E-state index is 5.24. The molecule has 0 fully saturated rings. The van der Waals surface area contributed by atoms with Crippen molar-refractivity contribution in [3.8, 4) is 17.4 Å². The number of benzene rings is 2. The second-order valence-corrected chi connectivity index (χ2v) is 4.90. The molecule has 0 aliphatic rings. The average Bonchev–Trinajstić information content (AvgIpc) is 3.22. The summed E-state index contributed by atoms with van der Waals surface area (Å²) in [6, 6.07) is 16.0. The van der Waals surface area contributed by atoms with Crippen LogP contribution >= 0.6 is 0 Å². The van der Waals surface area contributed by atoms with Gasteiger partial charge in [-0.25, -0.2) is 9.97 Å². The van der Waals surface area contributed by atoms with E-state index in [0.717, 1.165) is 28.4 Å². The molecule has 0 amide bonds. The van der Waals surface area contributed by atoms with Gasteiger partial charge in [0.05, 0.1) is 18.1 Å². The Labute approximate surface area is 127 Å². The van der Waals surface area contributed by atoms with Gasteiger partial charge in [-0.3, -0.25) is 9.13 Å². The average molecular weight is 290 g/mol. The minimum Gasteiger partial charge on any atom is -0.497 e. The molecule has 4 aromatic rings. The van der Waals surface area contributed by atoms with Crippen LogP contribution in [-0.2, 0) is 0 Å². The maximum atomic E-state index is 5.24. The Balaban J connectivity index is 1.99. The summed E-state index contributed by atoms with van der Waals surface area (Å²) in [6.45, 7) is 0. The summed E-state index contributed by atoms with van der Waals surface area (Å²) >= 11 is 0. The molecule has 0 N–H and O–H groups in total. The third kappa shape index (κ3) is 1.95. The predicted molar refractivity (Wildman–Crippen MR) is 84.7 cm³/mol. The van der Waals surface area contributed by atoms with Gasteiger partial charge in [-0.15, -0.1) is 0 Å². The van der Waals surface area contributed by atoms with Gasteiger partial charge < -0.3 is 4.74 Å². The van der Waals surface area contributed by atoms with Crippen LogP contribution in [0.4, 0.5) is 0 Å². The van der Waals surface area contributed by atoms with Crippen LogP contribution < -0.4 is 4.74 Å². The Bertz CT molecular complexity index is 908. The number of ether oxygens (including phenoxy) is 1. The fraction of sp³-hybridized carbons (Fsp3) is 0.0588. The van der Waals surface area contributed by atoms with Crippen molar-refractivity contribution in [2.75, 3.05) is 7.11 Å². The standard InChI is InChI=1S/C17H14N4O/c1-22-14-8-6-13(7-9-14)21-16-5-3-2-4-15(16)19-17(21)20-11-10-18-12-20/h2-12H,1H3. The molecule has 5 heteroatoms. The van der Waals surface area contributed by atoms with Crippen LogP contribution in [-0.4, -0.2) is 26.2 Å². The molecule has 0 unspecified atom stereocenters. The lowest BCUT2D eigenvalue weighted by Crippen LogP contribution is -2.03. The molecule has 22 heavy (non-hydrogen) atoms. The highest BCUT2D eigenvalue weighted by Gasteiger charge is 2.13. The number of imidazole rings is 2. The van der Waals surface area contributed by atoms with Gasteiger partial charge >= 0.3 is 0 Å². The van der Waals surface area contributed by atoms with Gasteiger partial charge in [0.2, 0.25) is 5.95 Å². The van der Waals surface area contributed by atoms with Crippen LogP contribution in [0.2, 0.25) is 0 Å². The molecule has 5 nitrogen and oxygen atoms in total. The van der Waals surface area contributed by atoms with Crippen LogP contribution in [0.25, 0.3) is 22.7 Å². The van der Waals surface area contributed by atoms with Gasteiger partial charge in [0, 0.05) is 18.1 Å². The Morgan fingerprint density at radius 2 is 1.82 bits per heavy atom. The Morgan fingerprint density at radius 1 is 1.00 bits per heavy atom. The summed E-state index contributed by atoms with van der Waals surface area (Å²) in [4.78, 5) is 8.85. The van der Waals surface area contributed by atoms with E-state index in [0.29, 0.717) is 0 Å². The third-order valence-corrected chi connectivity index (χ3v) is 3.61. The Kier molecular flexibility index (Phi) is 2.89. The largest absolute Gasteiger partial charge is 0.497 e. The summed E-state index contributed by atoms with van der Waals surface area (Å²) in [7, 11) is 1.67. The van der Waals surface area contributed by atoms with Crippen molar-refractivity contribution in [1.82, 2.24) is 19.1 Å². The predicted octanol–water partition coefficient (Wildman–Crippen LogP) is 3.22. The number of hydrogen-bond donors (Lipinski definition) is 0. The molecule has 0 saturated heterocycles. The Hall–Kier alpha value is -3.08. The van der Waals surface area contributed by atoms with Crippen molar-refractivity contribution < 1.29 is 4.74 Å². The summed E-state index contributed by atoms with van der Waals surface area (Å²) in [6.07, 6.45) is 5.39. The monoisotopic (exact) mass is 290 g/mol. The van der Waals surface area contributed by atoms with E-state index >= 15 is 0 Å². The maximum Gasteiger partial charge on any atom is 0.220 e. The molecule has 108 valence electrons. The zero-order valence-electron chi connectivity index (χ0n) is 12.0. The summed E-state index contributed by atoms with van der Waals surface area (Å²) in [5.41, 5.74) is 3.02. The molecule has 4 rings (SSSR count). The first kappa shape index (κ1) is 12.6. The first-order chi connectivity index (χ1) is 10.9. The van der Waals surface area contributed by atoms with Crippen molar-refractivity contribution in [2.24, 2.45) is 0 Å². The minimum atomic E-state index is 0.809. The first-order valence-electron chi connectivity index (χ1n) is 6.97. The summed E-state index contributed by atoms with van der Waals surface area (Å²) < 4.78 is 9.25. The van der Waals surface area contributed by atoms with Crippen molar-refractivity contribution in [2.45, 2.75) is 0 Å². The molecule has 0 saturated carbocycles. The molecule has 2 aromatic carbocycles. The smallest absolute Gasteiger partial charge is 0.220 e. The zero-order chi connectivity index (χ0) is 14.9. The Morgan fingerprint density at radius 3 is 2.55 bits per heavy atom. The van der Waals surface area contributed by atoms with Gasteiger partial charge in [0.25, 0.3) is 0 Å². The quantitative estimate of drug-likeness (QED) is 0.582. The van der Waals surface area contributed by atoms with Gasteiger partial charge in [-0.05, 0) is 36.4 Å². The minimum absolute atomic E-state index is 0.809. The van der Waals surface area contributed by atoms with Crippen molar-refractivity contribution >= 4 is 11.0 Å². The molecular formula is C17H14N4O. The van der Waals surface area contributed by atoms with E-state index in [1.165, 1.54) is 0 Å². The van der Waals surface area contributed by atoms with Gasteiger partial charge in [-0.2, -0.15) is 0 Å². The molecule has 0 atom stereocenters. The number of nitrogens with zero attached hydrogens (tertiary/aromatic N) is 4. The van der Waals surface area contributed by atoms with Crippen molar-refractivity contribution in [3.63, 3.8) is 0 Å². The highest BCUT2D eigenvalue weighted by atomic mass is 16.5. The second kappa shape index (κ2) is 5.04. The number of methoxy groups -OCH3 is 1. The molecule has 2 aromatic heterocycles. The van der Waals surface area contributed by atoms with E-state index in [-0.39, 0.29) is 0 Å². The van der Waals surface area contributed by atoms with E-state index in [1.54, 1.807) is 19.6 Å². The normalized spacial score (nSPS) is 11.0. The van der Waals surface area contributed by atoms with E-state index in [1.807, 2.05) is 53.2 Å². The molecule has 0 bridgehead atoms. The molecule has 0 aliphatic carbocycles. The number of aromatic nitrogens is 4. The topological polar surface area (TPSA) is 44.9 Å². The van der Waals surface area contributed by atoms with Gasteiger partial charge in [0.15, 0.2) is 0 Å². The van der Waals surface area contributed by atoms with Gasteiger partial charge in [0.1, 0.15) is 12.1 Å². The number of rotatable bonds is 3. The van der Waals surface area contributed by atoms with E-state index < -0.39 is 0 Å². The van der Waals surface area contributed by atoms with E-state index in [9.17, 15) is 0 Å². The zero-order valence-corrected chi connectivity index (χ0v) is 12.0. The highest BCUT2D eigenvalue weighted by Crippen LogP contribution is 2.25. The molecule has 0 aliphatic heterocycles. The molecule has 2 heterocycles.